The molecule has 0 atom stereocenters. The van der Waals surface area contributed by atoms with Gasteiger partial charge in [0, 0.05) is 4.88 Å². The molecule has 0 saturated carbocycles. The molecule has 0 aliphatic carbocycles. The maximum Gasteiger partial charge on any atom is 0.0273 e. The first-order valence-corrected chi connectivity index (χ1v) is 6.92. The van der Waals surface area contributed by atoms with E-state index in [1.165, 1.54) is 26.8 Å². The van der Waals surface area contributed by atoms with Crippen molar-refractivity contribution in [2.75, 3.05) is 0 Å². The molecule has 1 aromatic heterocycles. The van der Waals surface area contributed by atoms with E-state index in [0.717, 1.165) is 0 Å². The molecule has 0 saturated heterocycles. The number of rotatable bonds is 2. The zero-order valence-corrected chi connectivity index (χ0v) is 11.1. The van der Waals surface area contributed by atoms with Crippen LogP contribution in [0.1, 0.15) is 17.4 Å². The molecule has 0 unspecified atom stereocenters. The maximum atomic E-state index is 2.26. The molecule has 3 aromatic rings. The molecule has 2 aromatic carbocycles. The second-order valence-electron chi connectivity index (χ2n) is 4.37. The largest absolute Gasteiger partial charge is 0.144 e. The van der Waals surface area contributed by atoms with Crippen LogP contribution in [0.5, 0.6) is 0 Å². The van der Waals surface area contributed by atoms with Gasteiger partial charge in [0.15, 0.2) is 0 Å². The first-order valence-electron chi connectivity index (χ1n) is 6.04. The van der Waals surface area contributed by atoms with Crippen molar-refractivity contribution in [1.29, 1.82) is 0 Å². The molecule has 0 fully saturated rings. The summed E-state index contributed by atoms with van der Waals surface area (Å²) < 4.78 is 0. The van der Waals surface area contributed by atoms with Gasteiger partial charge in [-0.1, -0.05) is 48.5 Å². The van der Waals surface area contributed by atoms with Gasteiger partial charge in [-0.05, 0) is 46.4 Å². The Kier molecular flexibility index (Phi) is 2.99. The van der Waals surface area contributed by atoms with Gasteiger partial charge >= 0.3 is 0 Å². The first-order chi connectivity index (χ1) is 8.84. The fourth-order valence-electron chi connectivity index (χ4n) is 2.23. The zero-order valence-electron chi connectivity index (χ0n) is 10.3. The van der Waals surface area contributed by atoms with Gasteiger partial charge in [-0.25, -0.2) is 0 Å². The van der Waals surface area contributed by atoms with Gasteiger partial charge in [-0.15, -0.1) is 11.3 Å². The van der Waals surface area contributed by atoms with Crippen molar-refractivity contribution in [1.82, 2.24) is 0 Å². The lowest BCUT2D eigenvalue weighted by atomic mass is 9.99. The molecule has 0 bridgehead atoms. The number of hydrogen-bond donors (Lipinski definition) is 0. The zero-order chi connectivity index (χ0) is 12.4. The minimum atomic E-state index is 1.30. The molecule has 0 amide bonds. The Morgan fingerprint density at radius 3 is 2.61 bits per heavy atom. The van der Waals surface area contributed by atoms with E-state index >= 15 is 0 Å². The van der Waals surface area contributed by atoms with Crippen LogP contribution in [0.3, 0.4) is 0 Å². The van der Waals surface area contributed by atoms with Crippen LogP contribution in [0.25, 0.3) is 22.4 Å². The SMILES string of the molecule is C/C(=C/c1cccs1)c1cccc2ccccc12. The normalized spacial score (nSPS) is 11.9. The van der Waals surface area contributed by atoms with Crippen LogP contribution in [0.2, 0.25) is 0 Å². The van der Waals surface area contributed by atoms with Gasteiger partial charge in [-0.2, -0.15) is 0 Å². The van der Waals surface area contributed by atoms with Crippen LogP contribution in [-0.4, -0.2) is 0 Å². The van der Waals surface area contributed by atoms with Crippen molar-refractivity contribution in [2.24, 2.45) is 0 Å². The molecule has 1 heteroatoms. The minimum Gasteiger partial charge on any atom is -0.144 e. The smallest absolute Gasteiger partial charge is 0.0273 e. The monoisotopic (exact) mass is 250 g/mol. The number of fused-ring (bicyclic) bond motifs is 1. The molecule has 3 rings (SSSR count). The fourth-order valence-corrected chi connectivity index (χ4v) is 2.95. The Morgan fingerprint density at radius 1 is 0.944 bits per heavy atom. The van der Waals surface area contributed by atoms with E-state index in [1.54, 1.807) is 11.3 Å². The minimum absolute atomic E-state index is 1.30. The molecule has 0 radical (unpaired) electrons. The van der Waals surface area contributed by atoms with E-state index < -0.39 is 0 Å². The lowest BCUT2D eigenvalue weighted by Crippen LogP contribution is -1.82. The molecule has 0 nitrogen and oxygen atoms in total. The highest BCUT2D eigenvalue weighted by molar-refractivity contribution is 7.10. The lowest BCUT2D eigenvalue weighted by Gasteiger charge is -2.06. The van der Waals surface area contributed by atoms with Crippen molar-refractivity contribution in [2.45, 2.75) is 6.92 Å². The second-order valence-corrected chi connectivity index (χ2v) is 5.35. The standard InChI is InChI=1S/C17H14S/c1-13(12-15-8-5-11-18-15)16-10-4-7-14-6-2-3-9-17(14)16/h2-12H,1H3/b13-12-. The second kappa shape index (κ2) is 4.79. The van der Waals surface area contributed by atoms with Crippen LogP contribution < -0.4 is 0 Å². The third kappa shape index (κ3) is 2.09. The van der Waals surface area contributed by atoms with Gasteiger partial charge in [0.05, 0.1) is 0 Å². The van der Waals surface area contributed by atoms with Crippen molar-refractivity contribution in [3.63, 3.8) is 0 Å². The van der Waals surface area contributed by atoms with Crippen molar-refractivity contribution >= 4 is 33.8 Å². The highest BCUT2D eigenvalue weighted by atomic mass is 32.1. The summed E-state index contributed by atoms with van der Waals surface area (Å²) in [6.07, 6.45) is 2.26. The summed E-state index contributed by atoms with van der Waals surface area (Å²) in [6, 6.07) is 19.3. The fraction of sp³-hybridized carbons (Fsp3) is 0.0588. The summed E-state index contributed by atoms with van der Waals surface area (Å²) in [4.78, 5) is 1.31. The van der Waals surface area contributed by atoms with Crippen LogP contribution in [0.15, 0.2) is 60.0 Å². The summed E-state index contributed by atoms with van der Waals surface area (Å²) in [5.41, 5.74) is 2.63. The van der Waals surface area contributed by atoms with Crippen molar-refractivity contribution in [3.8, 4) is 0 Å². The van der Waals surface area contributed by atoms with E-state index in [2.05, 4.69) is 73.0 Å². The Bertz CT molecular complexity index is 685. The Morgan fingerprint density at radius 2 is 1.78 bits per heavy atom. The van der Waals surface area contributed by atoms with Crippen LogP contribution in [-0.2, 0) is 0 Å². The molecule has 0 aliphatic heterocycles. The number of allylic oxidation sites excluding steroid dienone is 1. The number of thiophene rings is 1. The van der Waals surface area contributed by atoms with E-state index in [-0.39, 0.29) is 0 Å². The summed E-state index contributed by atoms with van der Waals surface area (Å²) in [5.74, 6) is 0. The molecule has 88 valence electrons. The molecule has 0 spiro atoms. The average molecular weight is 250 g/mol. The van der Waals surface area contributed by atoms with E-state index in [0.29, 0.717) is 0 Å². The molecule has 18 heavy (non-hydrogen) atoms. The summed E-state index contributed by atoms with van der Waals surface area (Å²) in [7, 11) is 0. The summed E-state index contributed by atoms with van der Waals surface area (Å²) in [6.45, 7) is 2.18. The van der Waals surface area contributed by atoms with Gasteiger partial charge < -0.3 is 0 Å². The summed E-state index contributed by atoms with van der Waals surface area (Å²) >= 11 is 1.77. The van der Waals surface area contributed by atoms with Gasteiger partial charge in [0.25, 0.3) is 0 Å². The third-order valence-electron chi connectivity index (χ3n) is 3.12. The molecule has 1 heterocycles. The predicted molar refractivity (Wildman–Crippen MR) is 81.8 cm³/mol. The first kappa shape index (κ1) is 11.2. The van der Waals surface area contributed by atoms with Crippen LogP contribution >= 0.6 is 11.3 Å². The molecular formula is C17H14S. The summed E-state index contributed by atoms with van der Waals surface area (Å²) in [5, 5.41) is 4.74. The topological polar surface area (TPSA) is 0 Å². The van der Waals surface area contributed by atoms with Gasteiger partial charge in [0.1, 0.15) is 0 Å². The van der Waals surface area contributed by atoms with Crippen molar-refractivity contribution < 1.29 is 0 Å². The highest BCUT2D eigenvalue weighted by Crippen LogP contribution is 2.27. The molecule has 0 aliphatic rings. The van der Waals surface area contributed by atoms with E-state index in [9.17, 15) is 0 Å². The lowest BCUT2D eigenvalue weighted by molar-refractivity contribution is 1.63. The highest BCUT2D eigenvalue weighted by Gasteiger charge is 2.02. The van der Waals surface area contributed by atoms with Crippen LogP contribution in [0.4, 0.5) is 0 Å². The quantitative estimate of drug-likeness (QED) is 0.566. The predicted octanol–water partition coefficient (Wildman–Crippen LogP) is 5.46. The van der Waals surface area contributed by atoms with Gasteiger partial charge in [-0.3, -0.25) is 0 Å². The number of benzene rings is 2. The Labute approximate surface area is 111 Å². The van der Waals surface area contributed by atoms with E-state index in [1.807, 2.05) is 0 Å². The Balaban J connectivity index is 2.14. The average Bonchev–Trinajstić information content (AvgIpc) is 2.91. The van der Waals surface area contributed by atoms with E-state index in [4.69, 9.17) is 0 Å². The van der Waals surface area contributed by atoms with Crippen LogP contribution in [0, 0.1) is 0 Å². The third-order valence-corrected chi connectivity index (χ3v) is 3.94. The van der Waals surface area contributed by atoms with Gasteiger partial charge in [0.2, 0.25) is 0 Å². The Hall–Kier alpha value is -1.86. The molecule has 0 N–H and O–H groups in total. The number of hydrogen-bond acceptors (Lipinski definition) is 1. The maximum absolute atomic E-state index is 2.26. The molecular weight excluding hydrogens is 236 g/mol. The van der Waals surface area contributed by atoms with Crippen molar-refractivity contribution in [3.05, 3.63) is 70.4 Å².